The molecule has 2 rings (SSSR count). The maximum Gasteiger partial charge on any atom is 0.364 e. The summed E-state index contributed by atoms with van der Waals surface area (Å²) in [5.41, 5.74) is 2.37. The molecule has 2 aliphatic rings. The lowest BCUT2D eigenvalue weighted by molar-refractivity contribution is 0.133. The zero-order chi connectivity index (χ0) is 20.8. The Morgan fingerprint density at radius 3 is 1.76 bits per heavy atom. The average Bonchev–Trinajstić information content (AvgIpc) is 2.79. The summed E-state index contributed by atoms with van der Waals surface area (Å²) in [6.07, 6.45) is 23.5. The summed E-state index contributed by atoms with van der Waals surface area (Å²) >= 11 is 0. The number of unbranched alkanes of at least 4 members (excludes halogenated alkanes) is 1. The fourth-order valence-corrected chi connectivity index (χ4v) is 8.27. The van der Waals surface area contributed by atoms with Gasteiger partial charge in [0.15, 0.2) is 0 Å². The standard InChI is InChI=1S/C26H50O2Si/c1-4-21-27-29(6-3,28-22-5-2)23-15-9-14-20-26(24-16-10-7-11-17-24)25-18-12-8-13-19-25/h15,23-26H,4-14,16-22H2,1-3H3. The topological polar surface area (TPSA) is 18.5 Å². The van der Waals surface area contributed by atoms with Crippen LogP contribution in [0.5, 0.6) is 0 Å². The minimum atomic E-state index is -2.13. The van der Waals surface area contributed by atoms with Crippen molar-refractivity contribution >= 4 is 8.56 Å². The quantitative estimate of drug-likeness (QED) is 0.207. The van der Waals surface area contributed by atoms with E-state index in [1.54, 1.807) is 0 Å². The zero-order valence-electron chi connectivity index (χ0n) is 19.9. The summed E-state index contributed by atoms with van der Waals surface area (Å²) in [4.78, 5) is 0. The highest BCUT2D eigenvalue weighted by molar-refractivity contribution is 6.72. The number of rotatable bonds is 14. The number of allylic oxidation sites excluding steroid dienone is 1. The van der Waals surface area contributed by atoms with Crippen LogP contribution in [0.3, 0.4) is 0 Å². The van der Waals surface area contributed by atoms with Crippen molar-refractivity contribution in [1.29, 1.82) is 0 Å². The van der Waals surface area contributed by atoms with Gasteiger partial charge in [0, 0.05) is 13.2 Å². The van der Waals surface area contributed by atoms with Gasteiger partial charge in [0.1, 0.15) is 0 Å². The summed E-state index contributed by atoms with van der Waals surface area (Å²) in [6, 6.07) is 1.02. The number of hydrogen-bond donors (Lipinski definition) is 0. The lowest BCUT2D eigenvalue weighted by Gasteiger charge is -2.38. The van der Waals surface area contributed by atoms with Gasteiger partial charge in [-0.15, -0.1) is 0 Å². The van der Waals surface area contributed by atoms with Crippen molar-refractivity contribution in [1.82, 2.24) is 0 Å². The smallest absolute Gasteiger partial charge is 0.364 e. The first kappa shape index (κ1) is 25.1. The molecule has 0 aromatic rings. The largest absolute Gasteiger partial charge is 0.391 e. The van der Waals surface area contributed by atoms with Crippen molar-refractivity contribution in [3.05, 3.63) is 11.8 Å². The van der Waals surface area contributed by atoms with Crippen LogP contribution in [-0.4, -0.2) is 21.8 Å². The van der Waals surface area contributed by atoms with Gasteiger partial charge in [0.2, 0.25) is 0 Å². The molecule has 170 valence electrons. The monoisotopic (exact) mass is 422 g/mol. The molecule has 0 radical (unpaired) electrons. The molecule has 0 atom stereocenters. The summed E-state index contributed by atoms with van der Waals surface area (Å²) in [7, 11) is -2.13. The summed E-state index contributed by atoms with van der Waals surface area (Å²) < 4.78 is 12.6. The molecule has 0 heterocycles. The maximum atomic E-state index is 6.28. The van der Waals surface area contributed by atoms with Crippen LogP contribution in [0.4, 0.5) is 0 Å². The van der Waals surface area contributed by atoms with Crippen LogP contribution in [0.1, 0.15) is 117 Å². The van der Waals surface area contributed by atoms with E-state index in [1.165, 1.54) is 83.5 Å². The summed E-state index contributed by atoms with van der Waals surface area (Å²) in [5.74, 6) is 3.06. The first-order chi connectivity index (χ1) is 14.2. The molecule has 0 aliphatic heterocycles. The second kappa shape index (κ2) is 14.8. The molecule has 0 saturated heterocycles. The molecule has 0 bridgehead atoms. The second-order valence-corrected chi connectivity index (χ2v) is 12.9. The van der Waals surface area contributed by atoms with Crippen molar-refractivity contribution in [3.8, 4) is 0 Å². The Morgan fingerprint density at radius 1 is 0.793 bits per heavy atom. The van der Waals surface area contributed by atoms with Gasteiger partial charge in [-0.1, -0.05) is 91.1 Å². The van der Waals surface area contributed by atoms with Gasteiger partial charge in [-0.2, -0.15) is 0 Å². The highest BCUT2D eigenvalue weighted by Gasteiger charge is 2.33. The Hall–Kier alpha value is -0.123. The lowest BCUT2D eigenvalue weighted by atomic mass is 9.68. The Labute approximate surface area is 183 Å². The molecular weight excluding hydrogens is 372 g/mol. The Kier molecular flexibility index (Phi) is 12.8. The minimum absolute atomic E-state index is 0.833. The Morgan fingerprint density at radius 2 is 1.31 bits per heavy atom. The molecular formula is C26H50O2Si. The molecule has 2 fully saturated rings. The van der Waals surface area contributed by atoms with Crippen LogP contribution >= 0.6 is 0 Å². The van der Waals surface area contributed by atoms with Gasteiger partial charge in [0.05, 0.1) is 0 Å². The fraction of sp³-hybridized carbons (Fsp3) is 0.923. The van der Waals surface area contributed by atoms with Crippen molar-refractivity contribution in [2.45, 2.75) is 123 Å². The molecule has 29 heavy (non-hydrogen) atoms. The fourth-order valence-electron chi connectivity index (χ4n) is 5.72. The highest BCUT2D eigenvalue weighted by atomic mass is 28.4. The van der Waals surface area contributed by atoms with Crippen molar-refractivity contribution in [2.75, 3.05) is 13.2 Å². The van der Waals surface area contributed by atoms with Gasteiger partial charge in [-0.25, -0.2) is 0 Å². The van der Waals surface area contributed by atoms with E-state index in [1.807, 2.05) is 0 Å². The molecule has 0 aromatic heterocycles. The van der Waals surface area contributed by atoms with Crippen LogP contribution in [0.25, 0.3) is 0 Å². The van der Waals surface area contributed by atoms with E-state index in [4.69, 9.17) is 8.85 Å². The highest BCUT2D eigenvalue weighted by Crippen LogP contribution is 2.42. The van der Waals surface area contributed by atoms with Crippen molar-refractivity contribution < 1.29 is 8.85 Å². The van der Waals surface area contributed by atoms with Gasteiger partial charge in [-0.05, 0) is 61.6 Å². The van der Waals surface area contributed by atoms with E-state index in [0.717, 1.165) is 49.9 Å². The molecule has 3 heteroatoms. The molecule has 0 unspecified atom stereocenters. The second-order valence-electron chi connectivity index (χ2n) is 9.66. The molecule has 2 saturated carbocycles. The van der Waals surface area contributed by atoms with Crippen LogP contribution < -0.4 is 0 Å². The Bertz CT molecular complexity index is 398. The lowest BCUT2D eigenvalue weighted by Crippen LogP contribution is -2.40. The van der Waals surface area contributed by atoms with Gasteiger partial charge >= 0.3 is 8.56 Å². The predicted octanol–water partition coefficient (Wildman–Crippen LogP) is 8.34. The molecule has 0 aromatic carbocycles. The van der Waals surface area contributed by atoms with Crippen LogP contribution in [0.2, 0.25) is 6.04 Å². The molecule has 2 nitrogen and oxygen atoms in total. The average molecular weight is 423 g/mol. The van der Waals surface area contributed by atoms with E-state index in [2.05, 4.69) is 32.5 Å². The van der Waals surface area contributed by atoms with Gasteiger partial charge in [0.25, 0.3) is 0 Å². The van der Waals surface area contributed by atoms with E-state index in [0.29, 0.717) is 0 Å². The summed E-state index contributed by atoms with van der Waals surface area (Å²) in [6.45, 7) is 8.28. The van der Waals surface area contributed by atoms with E-state index in [9.17, 15) is 0 Å². The Balaban J connectivity index is 1.87. The van der Waals surface area contributed by atoms with Crippen molar-refractivity contribution in [2.24, 2.45) is 17.8 Å². The third-order valence-corrected chi connectivity index (χ3v) is 10.5. The SMILES string of the molecule is CCCO[Si](C=CCCCC(C1CCCCC1)C1CCCCC1)(CC)OCCC. The van der Waals surface area contributed by atoms with Gasteiger partial charge < -0.3 is 8.85 Å². The van der Waals surface area contributed by atoms with E-state index >= 15 is 0 Å². The van der Waals surface area contributed by atoms with Crippen LogP contribution in [0.15, 0.2) is 11.8 Å². The first-order valence-corrected chi connectivity index (χ1v) is 15.3. The third-order valence-electron chi connectivity index (χ3n) is 7.38. The number of hydrogen-bond acceptors (Lipinski definition) is 2. The molecule has 0 N–H and O–H groups in total. The van der Waals surface area contributed by atoms with Crippen molar-refractivity contribution in [3.63, 3.8) is 0 Å². The van der Waals surface area contributed by atoms with E-state index < -0.39 is 8.56 Å². The van der Waals surface area contributed by atoms with E-state index in [-0.39, 0.29) is 0 Å². The maximum absolute atomic E-state index is 6.28. The minimum Gasteiger partial charge on any atom is -0.391 e. The molecule has 0 amide bonds. The zero-order valence-corrected chi connectivity index (χ0v) is 20.9. The van der Waals surface area contributed by atoms with Gasteiger partial charge in [-0.3, -0.25) is 0 Å². The van der Waals surface area contributed by atoms with Crippen LogP contribution in [0, 0.1) is 17.8 Å². The predicted molar refractivity (Wildman–Crippen MR) is 128 cm³/mol. The summed E-state index contributed by atoms with van der Waals surface area (Å²) in [5, 5.41) is 0. The normalized spacial score (nSPS) is 20.1. The molecule has 0 spiro atoms. The first-order valence-electron chi connectivity index (χ1n) is 13.2. The third kappa shape index (κ3) is 8.87. The molecule has 2 aliphatic carbocycles. The van der Waals surface area contributed by atoms with Crippen LogP contribution in [-0.2, 0) is 8.85 Å².